The second-order valence-electron chi connectivity index (χ2n) is 3.87. The number of nitriles is 1. The minimum atomic E-state index is -0.446. The maximum absolute atomic E-state index is 10.6. The van der Waals surface area contributed by atoms with E-state index in [0.29, 0.717) is 16.7 Å². The first-order valence-corrected chi connectivity index (χ1v) is 4.99. The maximum atomic E-state index is 10.6. The standard InChI is InChI=1S/C12H13N3O2/c1-9-6-11(15(16)17)4-5-12(9)10(7-13)8-14(2)3/h4-6,8H,1-3H3/b10-8+. The van der Waals surface area contributed by atoms with E-state index in [1.165, 1.54) is 12.1 Å². The zero-order valence-corrected chi connectivity index (χ0v) is 9.97. The zero-order chi connectivity index (χ0) is 13.0. The predicted octanol–water partition coefficient (Wildman–Crippen LogP) is 2.33. The van der Waals surface area contributed by atoms with Gasteiger partial charge in [0.05, 0.1) is 10.5 Å². The summed E-state index contributed by atoms with van der Waals surface area (Å²) in [6, 6.07) is 6.57. The molecular formula is C12H13N3O2. The molecule has 1 aromatic rings. The summed E-state index contributed by atoms with van der Waals surface area (Å²) in [6.45, 7) is 1.75. The Hall–Kier alpha value is -2.35. The predicted molar refractivity (Wildman–Crippen MR) is 65.1 cm³/mol. The van der Waals surface area contributed by atoms with Gasteiger partial charge in [0.15, 0.2) is 0 Å². The molecule has 5 nitrogen and oxygen atoms in total. The number of nitro groups is 1. The summed E-state index contributed by atoms with van der Waals surface area (Å²) in [5.74, 6) is 0. The van der Waals surface area contributed by atoms with Gasteiger partial charge in [-0.25, -0.2) is 0 Å². The summed E-state index contributed by atoms with van der Waals surface area (Å²) < 4.78 is 0. The van der Waals surface area contributed by atoms with Crippen molar-refractivity contribution in [3.05, 3.63) is 45.6 Å². The topological polar surface area (TPSA) is 70.2 Å². The molecule has 1 rings (SSSR count). The number of allylic oxidation sites excluding steroid dienone is 1. The number of nitrogens with zero attached hydrogens (tertiary/aromatic N) is 3. The van der Waals surface area contributed by atoms with E-state index in [0.717, 1.165) is 0 Å². The Labute approximate surface area is 99.7 Å². The van der Waals surface area contributed by atoms with Crippen LogP contribution in [0.15, 0.2) is 24.4 Å². The van der Waals surface area contributed by atoms with Crippen LogP contribution in [-0.2, 0) is 0 Å². The van der Waals surface area contributed by atoms with E-state index in [9.17, 15) is 10.1 Å². The van der Waals surface area contributed by atoms with Crippen LogP contribution in [0, 0.1) is 28.4 Å². The Morgan fingerprint density at radius 3 is 2.59 bits per heavy atom. The smallest absolute Gasteiger partial charge is 0.269 e. The molecule has 88 valence electrons. The van der Waals surface area contributed by atoms with Gasteiger partial charge in [-0.05, 0) is 24.1 Å². The highest BCUT2D eigenvalue weighted by atomic mass is 16.6. The molecule has 0 fully saturated rings. The van der Waals surface area contributed by atoms with Crippen molar-refractivity contribution in [3.63, 3.8) is 0 Å². The third-order valence-electron chi connectivity index (χ3n) is 2.22. The van der Waals surface area contributed by atoms with Crippen molar-refractivity contribution in [2.75, 3.05) is 14.1 Å². The first kappa shape index (κ1) is 12.7. The molecular weight excluding hydrogens is 218 g/mol. The van der Waals surface area contributed by atoms with E-state index in [4.69, 9.17) is 5.26 Å². The van der Waals surface area contributed by atoms with Crippen molar-refractivity contribution in [3.8, 4) is 6.07 Å². The van der Waals surface area contributed by atoms with E-state index < -0.39 is 4.92 Å². The molecule has 0 N–H and O–H groups in total. The molecule has 0 saturated heterocycles. The molecule has 5 heteroatoms. The summed E-state index contributed by atoms with van der Waals surface area (Å²) in [6.07, 6.45) is 1.69. The highest BCUT2D eigenvalue weighted by molar-refractivity contribution is 5.78. The van der Waals surface area contributed by atoms with E-state index in [2.05, 4.69) is 6.07 Å². The largest absolute Gasteiger partial charge is 0.382 e. The van der Waals surface area contributed by atoms with Crippen LogP contribution in [-0.4, -0.2) is 23.9 Å². The second-order valence-corrected chi connectivity index (χ2v) is 3.87. The fraction of sp³-hybridized carbons (Fsp3) is 0.250. The molecule has 0 bridgehead atoms. The summed E-state index contributed by atoms with van der Waals surface area (Å²) in [5, 5.41) is 19.7. The quantitative estimate of drug-likeness (QED) is 0.454. The van der Waals surface area contributed by atoms with Crippen LogP contribution < -0.4 is 0 Å². The molecule has 0 spiro atoms. The molecule has 0 atom stereocenters. The molecule has 0 radical (unpaired) electrons. The molecule has 0 saturated carbocycles. The van der Waals surface area contributed by atoms with Gasteiger partial charge in [-0.1, -0.05) is 0 Å². The van der Waals surface area contributed by atoms with E-state index >= 15 is 0 Å². The second kappa shape index (κ2) is 5.12. The lowest BCUT2D eigenvalue weighted by molar-refractivity contribution is -0.384. The molecule has 0 aromatic heterocycles. The van der Waals surface area contributed by atoms with Crippen molar-refractivity contribution < 1.29 is 4.92 Å². The van der Waals surface area contributed by atoms with Gasteiger partial charge < -0.3 is 4.90 Å². The number of hydrogen-bond donors (Lipinski definition) is 0. The van der Waals surface area contributed by atoms with Gasteiger partial charge in [0.1, 0.15) is 6.07 Å². The van der Waals surface area contributed by atoms with Crippen molar-refractivity contribution in [2.45, 2.75) is 6.92 Å². The summed E-state index contributed by atoms with van der Waals surface area (Å²) in [5.41, 5.74) is 1.96. The van der Waals surface area contributed by atoms with Gasteiger partial charge in [-0.3, -0.25) is 10.1 Å². The van der Waals surface area contributed by atoms with E-state index in [1.807, 2.05) is 14.1 Å². The molecule has 0 aliphatic carbocycles. The minimum Gasteiger partial charge on any atom is -0.382 e. The van der Waals surface area contributed by atoms with E-state index in [1.54, 1.807) is 24.1 Å². The van der Waals surface area contributed by atoms with Crippen LogP contribution in [0.25, 0.3) is 5.57 Å². The highest BCUT2D eigenvalue weighted by Gasteiger charge is 2.10. The monoisotopic (exact) mass is 231 g/mol. The number of non-ortho nitro benzene ring substituents is 1. The van der Waals surface area contributed by atoms with Crippen LogP contribution in [0.2, 0.25) is 0 Å². The first-order chi connectivity index (χ1) is 7.95. The SMILES string of the molecule is Cc1cc([N+](=O)[O-])ccc1/C(C#N)=C/N(C)C. The number of rotatable bonds is 3. The fourth-order valence-electron chi connectivity index (χ4n) is 1.48. The summed E-state index contributed by atoms with van der Waals surface area (Å²) in [7, 11) is 3.64. The number of nitro benzene ring substituents is 1. The lowest BCUT2D eigenvalue weighted by atomic mass is 10.0. The van der Waals surface area contributed by atoms with Crippen molar-refractivity contribution >= 4 is 11.3 Å². The zero-order valence-electron chi connectivity index (χ0n) is 9.97. The minimum absolute atomic E-state index is 0.0355. The fourth-order valence-corrected chi connectivity index (χ4v) is 1.48. The highest BCUT2D eigenvalue weighted by Crippen LogP contribution is 2.23. The maximum Gasteiger partial charge on any atom is 0.269 e. The molecule has 0 heterocycles. The molecule has 0 amide bonds. The third-order valence-corrected chi connectivity index (χ3v) is 2.22. The average Bonchev–Trinajstić information content (AvgIpc) is 2.25. The van der Waals surface area contributed by atoms with Crippen LogP contribution in [0.1, 0.15) is 11.1 Å². The van der Waals surface area contributed by atoms with Gasteiger partial charge in [0, 0.05) is 32.4 Å². The Morgan fingerprint density at radius 2 is 2.18 bits per heavy atom. The van der Waals surface area contributed by atoms with Crippen molar-refractivity contribution in [2.24, 2.45) is 0 Å². The average molecular weight is 231 g/mol. The first-order valence-electron chi connectivity index (χ1n) is 4.99. The molecule has 17 heavy (non-hydrogen) atoms. The van der Waals surface area contributed by atoms with Gasteiger partial charge in [0.25, 0.3) is 5.69 Å². The lowest BCUT2D eigenvalue weighted by Crippen LogP contribution is -2.03. The Kier molecular flexibility index (Phi) is 3.83. The number of aryl methyl sites for hydroxylation is 1. The van der Waals surface area contributed by atoms with Gasteiger partial charge in [0.2, 0.25) is 0 Å². The lowest BCUT2D eigenvalue weighted by Gasteiger charge is -2.08. The normalized spacial score (nSPS) is 10.8. The molecule has 0 unspecified atom stereocenters. The number of hydrogen-bond acceptors (Lipinski definition) is 4. The van der Waals surface area contributed by atoms with Gasteiger partial charge >= 0.3 is 0 Å². The third kappa shape index (κ3) is 3.05. The van der Waals surface area contributed by atoms with Gasteiger partial charge in [-0.2, -0.15) is 5.26 Å². The molecule has 1 aromatic carbocycles. The summed E-state index contributed by atoms with van der Waals surface area (Å²) >= 11 is 0. The van der Waals surface area contributed by atoms with Crippen LogP contribution in [0.3, 0.4) is 0 Å². The Bertz CT molecular complexity index is 513. The van der Waals surface area contributed by atoms with Crippen LogP contribution in [0.4, 0.5) is 5.69 Å². The van der Waals surface area contributed by atoms with Crippen molar-refractivity contribution in [1.29, 1.82) is 5.26 Å². The Morgan fingerprint density at radius 1 is 1.53 bits per heavy atom. The van der Waals surface area contributed by atoms with Gasteiger partial charge in [-0.15, -0.1) is 0 Å². The number of benzene rings is 1. The van der Waals surface area contributed by atoms with E-state index in [-0.39, 0.29) is 5.69 Å². The molecule has 0 aliphatic heterocycles. The summed E-state index contributed by atoms with van der Waals surface area (Å²) in [4.78, 5) is 11.9. The Balaban J connectivity index is 3.25. The van der Waals surface area contributed by atoms with Crippen LogP contribution >= 0.6 is 0 Å². The van der Waals surface area contributed by atoms with Crippen LogP contribution in [0.5, 0.6) is 0 Å². The van der Waals surface area contributed by atoms with Crippen molar-refractivity contribution in [1.82, 2.24) is 4.90 Å². The molecule has 0 aliphatic rings.